The van der Waals surface area contributed by atoms with Crippen LogP contribution in [0.5, 0.6) is 0 Å². The van der Waals surface area contributed by atoms with Crippen LogP contribution in [0.25, 0.3) is 0 Å². The molecule has 0 bridgehead atoms. The van der Waals surface area contributed by atoms with E-state index >= 15 is 0 Å². The quantitative estimate of drug-likeness (QED) is 0.804. The van der Waals surface area contributed by atoms with E-state index in [1.807, 2.05) is 0 Å². The number of thiol groups is 1. The lowest BCUT2D eigenvalue weighted by Gasteiger charge is -2.09. The van der Waals surface area contributed by atoms with Crippen LogP contribution in [0.4, 0.5) is 14.5 Å². The monoisotopic (exact) mass is 279 g/mol. The summed E-state index contributed by atoms with van der Waals surface area (Å²) in [5, 5.41) is 2.64. The lowest BCUT2D eigenvalue weighted by Crippen LogP contribution is -2.13. The van der Waals surface area contributed by atoms with E-state index in [4.69, 9.17) is 0 Å². The molecule has 0 unspecified atom stereocenters. The van der Waals surface area contributed by atoms with E-state index in [9.17, 15) is 13.6 Å². The Labute approximate surface area is 114 Å². The smallest absolute Gasteiger partial charge is 0.255 e. The molecule has 1 N–H and O–H groups in total. The minimum atomic E-state index is -0.488. The highest BCUT2D eigenvalue weighted by Gasteiger charge is 2.10. The van der Waals surface area contributed by atoms with Crippen molar-refractivity contribution >= 4 is 24.2 Å². The van der Waals surface area contributed by atoms with E-state index in [1.54, 1.807) is 6.92 Å². The molecule has 0 fully saturated rings. The van der Waals surface area contributed by atoms with Crippen LogP contribution >= 0.6 is 12.6 Å². The van der Waals surface area contributed by atoms with Gasteiger partial charge in [-0.25, -0.2) is 8.78 Å². The van der Waals surface area contributed by atoms with E-state index in [1.165, 1.54) is 36.4 Å². The van der Waals surface area contributed by atoms with Crippen LogP contribution in [0.1, 0.15) is 15.9 Å². The summed E-state index contributed by atoms with van der Waals surface area (Å²) < 4.78 is 26.0. The fraction of sp³-hybridized carbons (Fsp3) is 0.0714. The average molecular weight is 279 g/mol. The number of carbonyl (C=O) groups excluding carboxylic acids is 1. The molecule has 0 radical (unpaired) electrons. The van der Waals surface area contributed by atoms with Crippen LogP contribution in [0.15, 0.2) is 41.3 Å². The minimum absolute atomic E-state index is 0.100. The maximum Gasteiger partial charge on any atom is 0.255 e. The molecule has 2 aromatic carbocycles. The van der Waals surface area contributed by atoms with Crippen molar-refractivity contribution in [3.63, 3.8) is 0 Å². The van der Waals surface area contributed by atoms with Crippen LogP contribution in [-0.4, -0.2) is 5.91 Å². The first kappa shape index (κ1) is 13.5. The second kappa shape index (κ2) is 5.40. The van der Waals surface area contributed by atoms with E-state index < -0.39 is 11.7 Å². The maximum atomic E-state index is 13.0. The van der Waals surface area contributed by atoms with Gasteiger partial charge in [-0.2, -0.15) is 0 Å². The molecule has 0 saturated carbocycles. The summed E-state index contributed by atoms with van der Waals surface area (Å²) in [6, 6.07) is 7.94. The highest BCUT2D eigenvalue weighted by Crippen LogP contribution is 2.18. The van der Waals surface area contributed by atoms with Crippen molar-refractivity contribution in [2.24, 2.45) is 0 Å². The summed E-state index contributed by atoms with van der Waals surface area (Å²) in [5.41, 5.74) is 1.41. The molecule has 0 aromatic heterocycles. The van der Waals surface area contributed by atoms with Crippen molar-refractivity contribution < 1.29 is 13.6 Å². The second-order valence-corrected chi connectivity index (χ2v) is 4.56. The molecule has 0 heterocycles. The minimum Gasteiger partial charge on any atom is -0.322 e. The van der Waals surface area contributed by atoms with Crippen molar-refractivity contribution in [3.8, 4) is 0 Å². The zero-order valence-electron chi connectivity index (χ0n) is 10.1. The third-order valence-corrected chi connectivity index (χ3v) is 2.99. The third kappa shape index (κ3) is 3.12. The molecule has 2 aromatic rings. The summed E-state index contributed by atoms with van der Waals surface area (Å²) >= 11 is 3.92. The van der Waals surface area contributed by atoms with E-state index in [2.05, 4.69) is 17.9 Å². The van der Waals surface area contributed by atoms with Crippen LogP contribution in [0, 0.1) is 18.6 Å². The number of aryl methyl sites for hydroxylation is 1. The Morgan fingerprint density at radius 2 is 1.89 bits per heavy atom. The number of carbonyl (C=O) groups is 1. The molecular weight excluding hydrogens is 268 g/mol. The molecule has 5 heteroatoms. The van der Waals surface area contributed by atoms with Crippen molar-refractivity contribution in [3.05, 3.63) is 59.2 Å². The van der Waals surface area contributed by atoms with Crippen molar-refractivity contribution in [1.29, 1.82) is 0 Å². The van der Waals surface area contributed by atoms with Crippen LogP contribution in [-0.2, 0) is 0 Å². The molecule has 1 amide bonds. The Morgan fingerprint density at radius 1 is 1.16 bits per heavy atom. The highest BCUT2D eigenvalue weighted by molar-refractivity contribution is 7.80. The second-order valence-electron chi connectivity index (χ2n) is 4.08. The summed E-state index contributed by atoms with van der Waals surface area (Å²) in [4.78, 5) is 12.1. The molecule has 2 nitrogen and oxygen atoms in total. The highest BCUT2D eigenvalue weighted by atomic mass is 32.1. The van der Waals surface area contributed by atoms with Gasteiger partial charge in [-0.05, 0) is 48.9 Å². The first-order chi connectivity index (χ1) is 8.97. The van der Waals surface area contributed by atoms with Crippen LogP contribution in [0.2, 0.25) is 0 Å². The van der Waals surface area contributed by atoms with Crippen LogP contribution < -0.4 is 5.32 Å². The number of hydrogen-bond acceptors (Lipinski definition) is 2. The van der Waals surface area contributed by atoms with Gasteiger partial charge in [0.15, 0.2) is 0 Å². The lowest BCUT2D eigenvalue weighted by molar-refractivity contribution is 0.102. The predicted octanol–water partition coefficient (Wildman–Crippen LogP) is 3.81. The molecule has 0 spiro atoms. The Morgan fingerprint density at radius 3 is 2.53 bits per heavy atom. The van der Waals surface area contributed by atoms with Gasteiger partial charge in [-0.15, -0.1) is 12.6 Å². The number of anilines is 1. The van der Waals surface area contributed by atoms with Gasteiger partial charge in [-0.1, -0.05) is 0 Å². The van der Waals surface area contributed by atoms with Gasteiger partial charge >= 0.3 is 0 Å². The summed E-state index contributed by atoms with van der Waals surface area (Å²) in [7, 11) is 0. The number of halogens is 2. The zero-order chi connectivity index (χ0) is 14.0. The first-order valence-electron chi connectivity index (χ1n) is 5.53. The predicted molar refractivity (Wildman–Crippen MR) is 72.7 cm³/mol. The molecule has 0 aliphatic heterocycles. The van der Waals surface area contributed by atoms with E-state index in [-0.39, 0.29) is 16.3 Å². The van der Waals surface area contributed by atoms with Gasteiger partial charge in [0.2, 0.25) is 0 Å². The van der Waals surface area contributed by atoms with Gasteiger partial charge in [-0.3, -0.25) is 4.79 Å². The molecule has 0 aliphatic carbocycles. The van der Waals surface area contributed by atoms with Gasteiger partial charge in [0, 0.05) is 16.1 Å². The fourth-order valence-corrected chi connectivity index (χ4v) is 1.83. The van der Waals surface area contributed by atoms with Gasteiger partial charge in [0.1, 0.15) is 11.6 Å². The maximum absolute atomic E-state index is 13.0. The number of nitrogens with one attached hydrogen (secondary N) is 1. The van der Waals surface area contributed by atoms with Gasteiger partial charge < -0.3 is 5.32 Å². The van der Waals surface area contributed by atoms with Crippen LogP contribution in [0.3, 0.4) is 0 Å². The molecule has 19 heavy (non-hydrogen) atoms. The number of rotatable bonds is 2. The topological polar surface area (TPSA) is 29.1 Å². The molecule has 0 saturated heterocycles. The van der Waals surface area contributed by atoms with E-state index in [0.29, 0.717) is 11.3 Å². The summed E-state index contributed by atoms with van der Waals surface area (Å²) in [6.07, 6.45) is 0. The Balaban J connectivity index is 2.23. The third-order valence-electron chi connectivity index (χ3n) is 2.64. The Hall–Kier alpha value is -1.88. The molecular formula is C14H11F2NOS. The molecule has 2 rings (SSSR count). The van der Waals surface area contributed by atoms with Crippen molar-refractivity contribution in [2.45, 2.75) is 11.8 Å². The number of hydrogen-bond donors (Lipinski definition) is 2. The number of amides is 1. The SMILES string of the molecule is Cc1cc(F)ccc1NC(=O)c1ccc(F)c(S)c1. The fourth-order valence-electron chi connectivity index (χ4n) is 1.62. The lowest BCUT2D eigenvalue weighted by atomic mass is 10.1. The Bertz CT molecular complexity index is 643. The standard InChI is InChI=1S/C14H11F2NOS/c1-8-6-10(15)3-5-12(8)17-14(18)9-2-4-11(16)13(19)7-9/h2-7,19H,1H3,(H,17,18). The first-order valence-corrected chi connectivity index (χ1v) is 5.98. The van der Waals surface area contributed by atoms with Gasteiger partial charge in [0.05, 0.1) is 0 Å². The zero-order valence-corrected chi connectivity index (χ0v) is 11.0. The van der Waals surface area contributed by atoms with Crippen molar-refractivity contribution in [2.75, 3.05) is 5.32 Å². The largest absolute Gasteiger partial charge is 0.322 e. The summed E-state index contributed by atoms with van der Waals surface area (Å²) in [5.74, 6) is -1.25. The summed E-state index contributed by atoms with van der Waals surface area (Å²) in [6.45, 7) is 1.69. The Kier molecular flexibility index (Phi) is 3.85. The average Bonchev–Trinajstić information content (AvgIpc) is 2.36. The molecule has 98 valence electrons. The number of benzene rings is 2. The van der Waals surface area contributed by atoms with Crippen molar-refractivity contribution in [1.82, 2.24) is 0 Å². The normalized spacial score (nSPS) is 10.3. The van der Waals surface area contributed by atoms with E-state index in [0.717, 1.165) is 0 Å². The molecule has 0 aliphatic rings. The van der Waals surface area contributed by atoms with Gasteiger partial charge in [0.25, 0.3) is 5.91 Å². The molecule has 0 atom stereocenters.